The van der Waals surface area contributed by atoms with Gasteiger partial charge < -0.3 is 15.4 Å². The molecular formula is C17H22N2O4. The first kappa shape index (κ1) is 17.0. The number of amides is 1. The Balaban J connectivity index is 2.23. The van der Waals surface area contributed by atoms with Crippen molar-refractivity contribution < 1.29 is 14.7 Å². The van der Waals surface area contributed by atoms with Gasteiger partial charge in [-0.3, -0.25) is 9.59 Å². The maximum absolute atomic E-state index is 12.3. The highest BCUT2D eigenvalue weighted by molar-refractivity contribution is 5.96. The second-order valence-electron chi connectivity index (χ2n) is 5.75. The molecule has 1 aromatic heterocycles. The smallest absolute Gasteiger partial charge is 0.326 e. The van der Waals surface area contributed by atoms with Crippen LogP contribution < -0.4 is 10.9 Å². The van der Waals surface area contributed by atoms with Crippen LogP contribution in [0.25, 0.3) is 0 Å². The summed E-state index contributed by atoms with van der Waals surface area (Å²) in [6.07, 6.45) is 8.36. The molecule has 23 heavy (non-hydrogen) atoms. The Labute approximate surface area is 134 Å². The minimum atomic E-state index is -1.12. The Morgan fingerprint density at radius 3 is 2.78 bits per heavy atom. The van der Waals surface area contributed by atoms with E-state index >= 15 is 0 Å². The van der Waals surface area contributed by atoms with E-state index in [0.717, 1.165) is 43.4 Å². The number of allylic oxidation sites excluding steroid dienone is 1. The zero-order chi connectivity index (χ0) is 16.8. The third kappa shape index (κ3) is 4.31. The number of aromatic amines is 1. The van der Waals surface area contributed by atoms with Gasteiger partial charge in [0.2, 0.25) is 0 Å². The summed E-state index contributed by atoms with van der Waals surface area (Å²) in [6, 6.07) is 0.570. The van der Waals surface area contributed by atoms with Crippen molar-refractivity contribution in [3.8, 4) is 0 Å². The number of carbonyl (C=O) groups is 2. The molecule has 1 atom stereocenters. The number of pyridine rings is 1. The summed E-state index contributed by atoms with van der Waals surface area (Å²) in [6.45, 7) is 1.78. The highest BCUT2D eigenvalue weighted by atomic mass is 16.4. The van der Waals surface area contributed by atoms with Crippen molar-refractivity contribution in [2.75, 3.05) is 0 Å². The Hall–Kier alpha value is -2.37. The van der Waals surface area contributed by atoms with Crippen molar-refractivity contribution in [2.24, 2.45) is 0 Å². The first-order chi connectivity index (χ1) is 11.0. The minimum Gasteiger partial charge on any atom is -0.480 e. The number of rotatable bonds is 5. The number of hydrogen-bond donors (Lipinski definition) is 3. The van der Waals surface area contributed by atoms with E-state index in [9.17, 15) is 14.4 Å². The lowest BCUT2D eigenvalue weighted by molar-refractivity contribution is -0.139. The number of hydrogen-bond acceptors (Lipinski definition) is 3. The van der Waals surface area contributed by atoms with Gasteiger partial charge in [-0.1, -0.05) is 18.6 Å². The molecule has 0 aromatic carbocycles. The van der Waals surface area contributed by atoms with Gasteiger partial charge in [0.1, 0.15) is 11.6 Å². The highest BCUT2D eigenvalue weighted by Gasteiger charge is 2.22. The zero-order valence-corrected chi connectivity index (χ0v) is 13.2. The van der Waals surface area contributed by atoms with Crippen molar-refractivity contribution in [1.29, 1.82) is 0 Å². The third-order valence-corrected chi connectivity index (χ3v) is 4.04. The topological polar surface area (TPSA) is 99.3 Å². The minimum absolute atomic E-state index is 0.0163. The first-order valence-corrected chi connectivity index (χ1v) is 7.92. The van der Waals surface area contributed by atoms with Crippen molar-refractivity contribution >= 4 is 11.9 Å². The molecule has 1 aliphatic rings. The predicted octanol–water partition coefficient (Wildman–Crippen LogP) is 1.79. The number of carboxylic acid groups (broad SMARTS) is 1. The molecule has 0 aliphatic heterocycles. The lowest BCUT2D eigenvalue weighted by atomic mass is 10.1. The SMILES string of the molecule is C/C=C/CC(NC(=O)c1cc2c([nH]c1=O)CCCCC2)C(=O)O. The molecule has 3 N–H and O–H groups in total. The Morgan fingerprint density at radius 1 is 1.35 bits per heavy atom. The van der Waals surface area contributed by atoms with Gasteiger partial charge >= 0.3 is 5.97 Å². The fourth-order valence-electron chi connectivity index (χ4n) is 2.75. The Kier molecular flexibility index (Phi) is 5.73. The Bertz CT molecular complexity index is 676. The van der Waals surface area contributed by atoms with E-state index in [1.165, 1.54) is 0 Å². The number of H-pyrrole nitrogens is 1. The van der Waals surface area contributed by atoms with Crippen LogP contribution in [0.2, 0.25) is 0 Å². The van der Waals surface area contributed by atoms with Gasteiger partial charge in [-0.25, -0.2) is 4.79 Å². The van der Waals surface area contributed by atoms with Crippen LogP contribution >= 0.6 is 0 Å². The molecule has 1 heterocycles. The van der Waals surface area contributed by atoms with Crippen LogP contribution in [0.3, 0.4) is 0 Å². The fraction of sp³-hybridized carbons (Fsp3) is 0.471. The van der Waals surface area contributed by atoms with E-state index in [2.05, 4.69) is 10.3 Å². The van der Waals surface area contributed by atoms with Crippen LogP contribution in [0, 0.1) is 0 Å². The van der Waals surface area contributed by atoms with E-state index < -0.39 is 23.5 Å². The average Bonchev–Trinajstić information content (AvgIpc) is 2.74. The highest BCUT2D eigenvalue weighted by Crippen LogP contribution is 2.18. The van der Waals surface area contributed by atoms with Crippen LogP contribution in [0.1, 0.15) is 54.2 Å². The average molecular weight is 318 g/mol. The summed E-state index contributed by atoms with van der Waals surface area (Å²) < 4.78 is 0. The molecule has 124 valence electrons. The van der Waals surface area contributed by atoms with Gasteiger partial charge in [-0.2, -0.15) is 0 Å². The number of carbonyl (C=O) groups excluding carboxylic acids is 1. The molecule has 0 spiro atoms. The molecule has 1 aliphatic carbocycles. The van der Waals surface area contributed by atoms with Crippen molar-refractivity contribution in [3.05, 3.63) is 45.4 Å². The number of carboxylic acids is 1. The number of nitrogens with one attached hydrogen (secondary N) is 2. The molecule has 1 amide bonds. The van der Waals surface area contributed by atoms with Crippen molar-refractivity contribution in [2.45, 2.75) is 51.5 Å². The van der Waals surface area contributed by atoms with Crippen LogP contribution in [0.15, 0.2) is 23.0 Å². The zero-order valence-electron chi connectivity index (χ0n) is 13.2. The first-order valence-electron chi connectivity index (χ1n) is 7.92. The van der Waals surface area contributed by atoms with Gasteiger partial charge in [0.25, 0.3) is 11.5 Å². The van der Waals surface area contributed by atoms with Crippen molar-refractivity contribution in [1.82, 2.24) is 10.3 Å². The summed E-state index contributed by atoms with van der Waals surface area (Å²) in [5, 5.41) is 11.6. The third-order valence-electron chi connectivity index (χ3n) is 4.04. The standard InChI is InChI=1S/C17H22N2O4/c1-2-3-8-14(17(22)23)19-16(21)12-10-11-7-5-4-6-9-13(11)18-15(12)20/h2-3,10,14H,4-9H2,1H3,(H,18,20)(H,19,21)(H,22,23)/b3-2+. The monoisotopic (exact) mass is 318 g/mol. The van der Waals surface area contributed by atoms with Gasteiger partial charge in [0.15, 0.2) is 0 Å². The molecule has 0 saturated heterocycles. The van der Waals surface area contributed by atoms with Gasteiger partial charge in [0.05, 0.1) is 0 Å². The molecule has 0 radical (unpaired) electrons. The maximum atomic E-state index is 12.3. The summed E-state index contributed by atoms with van der Waals surface area (Å²) in [5.41, 5.74) is 1.40. The summed E-state index contributed by atoms with van der Waals surface area (Å²) in [7, 11) is 0. The van der Waals surface area contributed by atoms with E-state index in [0.29, 0.717) is 0 Å². The molecular weight excluding hydrogens is 296 g/mol. The number of fused-ring (bicyclic) bond motifs is 1. The van der Waals surface area contributed by atoms with Crippen molar-refractivity contribution in [3.63, 3.8) is 0 Å². The molecule has 0 saturated carbocycles. The summed E-state index contributed by atoms with van der Waals surface area (Å²) in [5.74, 6) is -1.77. The molecule has 1 unspecified atom stereocenters. The van der Waals surface area contributed by atoms with E-state index in [1.807, 2.05) is 0 Å². The molecule has 0 bridgehead atoms. The molecule has 0 fully saturated rings. The van der Waals surface area contributed by atoms with E-state index in [4.69, 9.17) is 5.11 Å². The van der Waals surface area contributed by atoms with Gasteiger partial charge in [0, 0.05) is 5.69 Å². The van der Waals surface area contributed by atoms with Crippen LogP contribution in [0.5, 0.6) is 0 Å². The summed E-state index contributed by atoms with van der Waals surface area (Å²) in [4.78, 5) is 38.4. The second kappa shape index (κ2) is 7.76. The quantitative estimate of drug-likeness (QED) is 0.569. The van der Waals surface area contributed by atoms with E-state index in [-0.39, 0.29) is 12.0 Å². The van der Waals surface area contributed by atoms with Crippen LogP contribution in [-0.4, -0.2) is 28.0 Å². The molecule has 6 nitrogen and oxygen atoms in total. The van der Waals surface area contributed by atoms with Crippen LogP contribution in [-0.2, 0) is 17.6 Å². The maximum Gasteiger partial charge on any atom is 0.326 e. The van der Waals surface area contributed by atoms with Gasteiger partial charge in [-0.15, -0.1) is 0 Å². The fourth-order valence-corrected chi connectivity index (χ4v) is 2.75. The predicted molar refractivity (Wildman–Crippen MR) is 86.6 cm³/mol. The number of aromatic nitrogens is 1. The lowest BCUT2D eigenvalue weighted by Crippen LogP contribution is -2.42. The molecule has 1 aromatic rings. The lowest BCUT2D eigenvalue weighted by Gasteiger charge is -2.13. The molecule has 2 rings (SSSR count). The van der Waals surface area contributed by atoms with E-state index in [1.54, 1.807) is 25.1 Å². The second-order valence-corrected chi connectivity index (χ2v) is 5.75. The summed E-state index contributed by atoms with van der Waals surface area (Å²) >= 11 is 0. The molecule has 6 heteroatoms. The largest absolute Gasteiger partial charge is 0.480 e. The number of aliphatic carboxylic acids is 1. The Morgan fingerprint density at radius 2 is 2.09 bits per heavy atom. The normalized spacial score (nSPS) is 15.7. The number of aryl methyl sites for hydroxylation is 2. The van der Waals surface area contributed by atoms with Crippen LogP contribution in [0.4, 0.5) is 0 Å². The van der Waals surface area contributed by atoms with Gasteiger partial charge in [-0.05, 0) is 50.7 Å².